The Morgan fingerprint density at radius 1 is 1.32 bits per heavy atom. The van der Waals surface area contributed by atoms with Gasteiger partial charge in [0.25, 0.3) is 0 Å². The molecule has 0 amide bonds. The molecule has 1 saturated heterocycles. The van der Waals surface area contributed by atoms with E-state index in [9.17, 15) is 5.11 Å². The number of rotatable bonds is 6. The standard InChI is InChI=1S/C14H20ClNO2S/c15-11-1-3-14(4-2-11)18-10-13(17)9-16-12-5-7-19-8-6-12/h1-4,12-13,16-17H,5-10H2. The smallest absolute Gasteiger partial charge is 0.119 e. The molecule has 106 valence electrons. The van der Waals surface area contributed by atoms with Crippen LogP contribution in [0.4, 0.5) is 0 Å². The van der Waals surface area contributed by atoms with E-state index in [-0.39, 0.29) is 0 Å². The van der Waals surface area contributed by atoms with E-state index in [4.69, 9.17) is 16.3 Å². The van der Waals surface area contributed by atoms with Crippen LogP contribution >= 0.6 is 23.4 Å². The highest BCUT2D eigenvalue weighted by molar-refractivity contribution is 7.99. The summed E-state index contributed by atoms with van der Waals surface area (Å²) in [6, 6.07) is 7.72. The summed E-state index contributed by atoms with van der Waals surface area (Å²) in [6.07, 6.45) is 1.90. The Hall–Kier alpha value is -0.420. The predicted octanol–water partition coefficient (Wildman–Crippen LogP) is 2.56. The molecule has 5 heteroatoms. The number of thioether (sulfide) groups is 1. The Labute approximate surface area is 123 Å². The molecule has 1 aromatic carbocycles. The molecule has 3 nitrogen and oxygen atoms in total. The fourth-order valence-electron chi connectivity index (χ4n) is 1.99. The van der Waals surface area contributed by atoms with E-state index in [1.807, 2.05) is 11.8 Å². The largest absolute Gasteiger partial charge is 0.491 e. The molecule has 19 heavy (non-hydrogen) atoms. The molecular weight excluding hydrogens is 282 g/mol. The highest BCUT2D eigenvalue weighted by Gasteiger charge is 2.14. The lowest BCUT2D eigenvalue weighted by Crippen LogP contribution is -2.39. The summed E-state index contributed by atoms with van der Waals surface area (Å²) < 4.78 is 5.51. The molecule has 0 aliphatic carbocycles. The number of hydrogen-bond acceptors (Lipinski definition) is 4. The van der Waals surface area contributed by atoms with E-state index in [0.29, 0.717) is 24.2 Å². The van der Waals surface area contributed by atoms with Crippen molar-refractivity contribution in [2.75, 3.05) is 24.7 Å². The van der Waals surface area contributed by atoms with E-state index >= 15 is 0 Å². The lowest BCUT2D eigenvalue weighted by Gasteiger charge is -2.24. The zero-order valence-corrected chi connectivity index (χ0v) is 12.4. The number of aliphatic hydroxyl groups excluding tert-OH is 1. The van der Waals surface area contributed by atoms with Crippen molar-refractivity contribution in [3.05, 3.63) is 29.3 Å². The Morgan fingerprint density at radius 2 is 2.00 bits per heavy atom. The lowest BCUT2D eigenvalue weighted by molar-refractivity contribution is 0.103. The summed E-state index contributed by atoms with van der Waals surface area (Å²) in [4.78, 5) is 0. The van der Waals surface area contributed by atoms with Gasteiger partial charge in [0.1, 0.15) is 18.5 Å². The Morgan fingerprint density at radius 3 is 2.68 bits per heavy atom. The van der Waals surface area contributed by atoms with Gasteiger partial charge in [-0.3, -0.25) is 0 Å². The topological polar surface area (TPSA) is 41.5 Å². The molecule has 1 heterocycles. The number of nitrogens with one attached hydrogen (secondary N) is 1. The molecule has 1 fully saturated rings. The van der Waals surface area contributed by atoms with Gasteiger partial charge in [-0.1, -0.05) is 11.6 Å². The SMILES string of the molecule is OC(CNC1CCSCC1)COc1ccc(Cl)cc1. The van der Waals surface area contributed by atoms with Crippen LogP contribution in [-0.4, -0.2) is 41.9 Å². The Balaban J connectivity index is 1.63. The Bertz CT molecular complexity index is 368. The molecule has 2 N–H and O–H groups in total. The van der Waals surface area contributed by atoms with Crippen molar-refractivity contribution in [3.63, 3.8) is 0 Å². The molecule has 0 radical (unpaired) electrons. The molecule has 0 spiro atoms. The highest BCUT2D eigenvalue weighted by Crippen LogP contribution is 2.17. The first-order valence-corrected chi connectivity index (χ1v) is 8.15. The van der Waals surface area contributed by atoms with Crippen LogP contribution in [0.2, 0.25) is 5.02 Å². The number of ether oxygens (including phenoxy) is 1. The second kappa shape index (κ2) is 8.00. The van der Waals surface area contributed by atoms with Crippen molar-refractivity contribution in [2.24, 2.45) is 0 Å². The van der Waals surface area contributed by atoms with Crippen molar-refractivity contribution < 1.29 is 9.84 Å². The molecule has 1 unspecified atom stereocenters. The fraction of sp³-hybridized carbons (Fsp3) is 0.571. The maximum atomic E-state index is 9.88. The first-order chi connectivity index (χ1) is 9.24. The van der Waals surface area contributed by atoms with E-state index in [1.165, 1.54) is 24.3 Å². The third kappa shape index (κ3) is 5.61. The van der Waals surface area contributed by atoms with Crippen LogP contribution in [0.1, 0.15) is 12.8 Å². The van der Waals surface area contributed by atoms with Gasteiger partial charge in [-0.05, 0) is 48.6 Å². The number of benzene rings is 1. The number of halogens is 1. The molecular formula is C14H20ClNO2S. The van der Waals surface area contributed by atoms with Crippen molar-refractivity contribution >= 4 is 23.4 Å². The minimum atomic E-state index is -0.481. The zero-order chi connectivity index (χ0) is 13.5. The van der Waals surface area contributed by atoms with Gasteiger partial charge in [-0.25, -0.2) is 0 Å². The van der Waals surface area contributed by atoms with Crippen LogP contribution < -0.4 is 10.1 Å². The van der Waals surface area contributed by atoms with Crippen LogP contribution in [-0.2, 0) is 0 Å². The molecule has 0 saturated carbocycles. The molecule has 1 aliphatic rings. The van der Waals surface area contributed by atoms with Gasteiger partial charge in [0.15, 0.2) is 0 Å². The quantitative estimate of drug-likeness (QED) is 0.847. The normalized spacial score (nSPS) is 18.2. The fourth-order valence-corrected chi connectivity index (χ4v) is 3.22. The third-order valence-electron chi connectivity index (χ3n) is 3.12. The van der Waals surface area contributed by atoms with Crippen molar-refractivity contribution in [1.29, 1.82) is 0 Å². The van der Waals surface area contributed by atoms with Crippen molar-refractivity contribution in [3.8, 4) is 5.75 Å². The Kier molecular flexibility index (Phi) is 6.31. The summed E-state index contributed by atoms with van der Waals surface area (Å²) in [5.74, 6) is 3.17. The van der Waals surface area contributed by atoms with Gasteiger partial charge >= 0.3 is 0 Å². The summed E-state index contributed by atoms with van der Waals surface area (Å²) >= 11 is 7.80. The van der Waals surface area contributed by atoms with Crippen LogP contribution in [0.25, 0.3) is 0 Å². The lowest BCUT2D eigenvalue weighted by atomic mass is 10.1. The van der Waals surface area contributed by atoms with Crippen LogP contribution in [0.15, 0.2) is 24.3 Å². The van der Waals surface area contributed by atoms with Crippen molar-refractivity contribution in [1.82, 2.24) is 5.32 Å². The maximum Gasteiger partial charge on any atom is 0.119 e. The van der Waals surface area contributed by atoms with Gasteiger partial charge in [-0.15, -0.1) is 0 Å². The highest BCUT2D eigenvalue weighted by atomic mass is 35.5. The summed E-state index contributed by atoms with van der Waals surface area (Å²) in [6.45, 7) is 0.888. The second-order valence-electron chi connectivity index (χ2n) is 4.71. The minimum absolute atomic E-state index is 0.302. The molecule has 0 bridgehead atoms. The molecule has 0 aromatic heterocycles. The molecule has 1 aromatic rings. The average molecular weight is 302 g/mol. The van der Waals surface area contributed by atoms with Crippen molar-refractivity contribution in [2.45, 2.75) is 25.0 Å². The van der Waals surface area contributed by atoms with Gasteiger partial charge in [-0.2, -0.15) is 11.8 Å². The zero-order valence-electron chi connectivity index (χ0n) is 10.8. The minimum Gasteiger partial charge on any atom is -0.491 e. The first-order valence-electron chi connectivity index (χ1n) is 6.61. The predicted molar refractivity (Wildman–Crippen MR) is 81.3 cm³/mol. The number of hydrogen-bond donors (Lipinski definition) is 2. The first kappa shape index (κ1) is 15.0. The summed E-state index contributed by atoms with van der Waals surface area (Å²) in [5.41, 5.74) is 0. The van der Waals surface area contributed by atoms with E-state index < -0.39 is 6.10 Å². The van der Waals surface area contributed by atoms with E-state index in [1.54, 1.807) is 24.3 Å². The van der Waals surface area contributed by atoms with Crippen LogP contribution in [0.5, 0.6) is 5.75 Å². The number of aliphatic hydroxyl groups is 1. The van der Waals surface area contributed by atoms with Gasteiger partial charge in [0, 0.05) is 17.6 Å². The molecule has 2 rings (SSSR count). The molecule has 1 aliphatic heterocycles. The average Bonchev–Trinajstić information content (AvgIpc) is 2.45. The summed E-state index contributed by atoms with van der Waals surface area (Å²) in [5, 5.41) is 14.0. The maximum absolute atomic E-state index is 9.88. The third-order valence-corrected chi connectivity index (χ3v) is 4.42. The summed E-state index contributed by atoms with van der Waals surface area (Å²) in [7, 11) is 0. The monoisotopic (exact) mass is 301 g/mol. The molecule has 1 atom stereocenters. The van der Waals surface area contributed by atoms with Crippen LogP contribution in [0, 0.1) is 0 Å². The van der Waals surface area contributed by atoms with Gasteiger partial charge in [0.2, 0.25) is 0 Å². The van der Waals surface area contributed by atoms with E-state index in [2.05, 4.69) is 5.32 Å². The van der Waals surface area contributed by atoms with Crippen LogP contribution in [0.3, 0.4) is 0 Å². The van der Waals surface area contributed by atoms with E-state index in [0.717, 1.165) is 5.75 Å². The van der Waals surface area contributed by atoms with Gasteiger partial charge in [0.05, 0.1) is 0 Å². The second-order valence-corrected chi connectivity index (χ2v) is 6.37. The van der Waals surface area contributed by atoms with Gasteiger partial charge < -0.3 is 15.2 Å².